The third-order valence-corrected chi connectivity index (χ3v) is 3.08. The minimum atomic E-state index is -0.175. The van der Waals surface area contributed by atoms with E-state index in [4.69, 9.17) is 4.42 Å². The molecule has 0 radical (unpaired) electrons. The Kier molecular flexibility index (Phi) is 3.86. The largest absolute Gasteiger partial charge is 0.459 e. The molecule has 6 heteroatoms. The minimum Gasteiger partial charge on any atom is -0.459 e. The second kappa shape index (κ2) is 5.57. The van der Waals surface area contributed by atoms with E-state index in [-0.39, 0.29) is 18.0 Å². The highest BCUT2D eigenvalue weighted by Gasteiger charge is 2.25. The summed E-state index contributed by atoms with van der Waals surface area (Å²) < 4.78 is 5.09. The molecule has 1 fully saturated rings. The fourth-order valence-corrected chi connectivity index (χ4v) is 2.04. The smallest absolute Gasteiger partial charge is 0.314 e. The van der Waals surface area contributed by atoms with Gasteiger partial charge in [-0.3, -0.25) is 4.79 Å². The molecule has 1 aromatic rings. The Labute approximate surface area is 105 Å². The number of nitrogens with one attached hydrogen (secondary N) is 2. The van der Waals surface area contributed by atoms with Crippen LogP contribution in [0.4, 0.5) is 4.79 Å². The van der Waals surface area contributed by atoms with Crippen molar-refractivity contribution in [2.75, 3.05) is 20.1 Å². The average Bonchev–Trinajstić information content (AvgIpc) is 2.92. The van der Waals surface area contributed by atoms with Gasteiger partial charge >= 0.3 is 6.03 Å². The Bertz CT molecular complexity index is 408. The fraction of sp³-hybridized carbons (Fsp3) is 0.500. The van der Waals surface area contributed by atoms with Crippen LogP contribution in [0.5, 0.6) is 0 Å². The quantitative estimate of drug-likeness (QED) is 0.817. The van der Waals surface area contributed by atoms with Crippen LogP contribution in [-0.2, 0) is 0 Å². The first-order valence-corrected chi connectivity index (χ1v) is 6.01. The summed E-state index contributed by atoms with van der Waals surface area (Å²) in [5.74, 6) is 0.283. The van der Waals surface area contributed by atoms with Crippen LogP contribution in [0.2, 0.25) is 0 Å². The van der Waals surface area contributed by atoms with Gasteiger partial charge in [0.2, 0.25) is 0 Å². The van der Waals surface area contributed by atoms with Crippen LogP contribution in [0.15, 0.2) is 22.8 Å². The first-order chi connectivity index (χ1) is 8.70. The second-order valence-corrected chi connectivity index (χ2v) is 4.27. The number of furan rings is 1. The molecule has 3 amide bonds. The summed E-state index contributed by atoms with van der Waals surface area (Å²) in [5, 5.41) is 5.37. The van der Waals surface area contributed by atoms with Crippen molar-refractivity contribution in [1.29, 1.82) is 0 Å². The highest BCUT2D eigenvalue weighted by atomic mass is 16.3. The van der Waals surface area contributed by atoms with E-state index in [0.29, 0.717) is 18.8 Å². The van der Waals surface area contributed by atoms with Gasteiger partial charge in [-0.05, 0) is 25.0 Å². The van der Waals surface area contributed by atoms with Gasteiger partial charge in [-0.1, -0.05) is 0 Å². The lowest BCUT2D eigenvalue weighted by atomic mass is 10.1. The van der Waals surface area contributed by atoms with Gasteiger partial charge in [0.1, 0.15) is 0 Å². The molecule has 1 aromatic heterocycles. The van der Waals surface area contributed by atoms with Crippen molar-refractivity contribution < 1.29 is 14.0 Å². The maximum atomic E-state index is 12.0. The molecular weight excluding hydrogens is 234 g/mol. The van der Waals surface area contributed by atoms with Crippen LogP contribution in [0, 0.1) is 0 Å². The third-order valence-electron chi connectivity index (χ3n) is 3.08. The van der Waals surface area contributed by atoms with Gasteiger partial charge in [0.15, 0.2) is 5.76 Å². The zero-order chi connectivity index (χ0) is 13.0. The summed E-state index contributed by atoms with van der Waals surface area (Å²) in [6.07, 6.45) is 3.02. The minimum absolute atomic E-state index is 0.0848. The van der Waals surface area contributed by atoms with Crippen molar-refractivity contribution in [2.24, 2.45) is 0 Å². The molecular formula is C12H17N3O3. The fourth-order valence-electron chi connectivity index (χ4n) is 2.04. The number of hydrogen-bond donors (Lipinski definition) is 2. The van der Waals surface area contributed by atoms with Crippen molar-refractivity contribution in [3.05, 3.63) is 24.2 Å². The third kappa shape index (κ3) is 2.82. The molecule has 98 valence electrons. The van der Waals surface area contributed by atoms with E-state index in [9.17, 15) is 9.59 Å². The maximum absolute atomic E-state index is 12.0. The van der Waals surface area contributed by atoms with E-state index in [1.165, 1.54) is 6.26 Å². The maximum Gasteiger partial charge on any atom is 0.314 e. The Balaban J connectivity index is 1.83. The van der Waals surface area contributed by atoms with Gasteiger partial charge in [-0.2, -0.15) is 0 Å². The number of carbonyl (C=O) groups is 2. The standard InChI is InChI=1S/C12H17N3O3/c1-13-12(17)14-9-4-6-15(7-5-9)11(16)10-3-2-8-18-10/h2-3,8-9H,4-7H2,1H3,(H2,13,14,17). The second-order valence-electron chi connectivity index (χ2n) is 4.27. The molecule has 6 nitrogen and oxygen atoms in total. The average molecular weight is 251 g/mol. The zero-order valence-corrected chi connectivity index (χ0v) is 10.3. The van der Waals surface area contributed by atoms with Gasteiger partial charge in [-0.15, -0.1) is 0 Å². The van der Waals surface area contributed by atoms with E-state index in [1.54, 1.807) is 24.1 Å². The molecule has 0 aliphatic carbocycles. The molecule has 1 saturated heterocycles. The Morgan fingerprint density at radius 2 is 2.11 bits per heavy atom. The molecule has 18 heavy (non-hydrogen) atoms. The predicted molar refractivity (Wildman–Crippen MR) is 65.2 cm³/mol. The molecule has 2 rings (SSSR count). The number of likely N-dealkylation sites (tertiary alicyclic amines) is 1. The summed E-state index contributed by atoms with van der Waals surface area (Å²) in [6, 6.07) is 3.32. The zero-order valence-electron chi connectivity index (χ0n) is 10.3. The van der Waals surface area contributed by atoms with Crippen LogP contribution in [-0.4, -0.2) is 43.0 Å². The number of nitrogens with zero attached hydrogens (tertiary/aromatic N) is 1. The van der Waals surface area contributed by atoms with E-state index >= 15 is 0 Å². The van der Waals surface area contributed by atoms with E-state index in [1.807, 2.05) is 0 Å². The first kappa shape index (κ1) is 12.5. The highest BCUT2D eigenvalue weighted by molar-refractivity contribution is 5.91. The molecule has 0 bridgehead atoms. The van der Waals surface area contributed by atoms with Crippen LogP contribution in [0.1, 0.15) is 23.4 Å². The topological polar surface area (TPSA) is 74.6 Å². The van der Waals surface area contributed by atoms with Gasteiger partial charge in [0, 0.05) is 26.2 Å². The highest BCUT2D eigenvalue weighted by Crippen LogP contribution is 2.14. The predicted octanol–water partition coefficient (Wildman–Crippen LogP) is 0.813. The summed E-state index contributed by atoms with van der Waals surface area (Å²) in [7, 11) is 1.59. The summed E-state index contributed by atoms with van der Waals surface area (Å²) in [6.45, 7) is 1.27. The Morgan fingerprint density at radius 3 is 2.67 bits per heavy atom. The number of rotatable bonds is 2. The molecule has 0 aromatic carbocycles. The molecule has 0 saturated carbocycles. The van der Waals surface area contributed by atoms with Crippen LogP contribution < -0.4 is 10.6 Å². The molecule has 1 aliphatic rings. The van der Waals surface area contributed by atoms with Gasteiger partial charge < -0.3 is 20.0 Å². The number of carbonyl (C=O) groups excluding carboxylic acids is 2. The summed E-state index contributed by atoms with van der Waals surface area (Å²) in [4.78, 5) is 24.9. The Morgan fingerprint density at radius 1 is 1.39 bits per heavy atom. The van der Waals surface area contributed by atoms with Crippen molar-refractivity contribution in [2.45, 2.75) is 18.9 Å². The van der Waals surface area contributed by atoms with E-state index in [0.717, 1.165) is 12.8 Å². The van der Waals surface area contributed by atoms with Crippen LogP contribution >= 0.6 is 0 Å². The normalized spacial score (nSPS) is 16.4. The SMILES string of the molecule is CNC(=O)NC1CCN(C(=O)c2ccco2)CC1. The van der Waals surface area contributed by atoms with Crippen molar-refractivity contribution in [3.8, 4) is 0 Å². The summed E-state index contributed by atoms with van der Waals surface area (Å²) >= 11 is 0. The van der Waals surface area contributed by atoms with Gasteiger partial charge in [0.25, 0.3) is 5.91 Å². The van der Waals surface area contributed by atoms with Crippen molar-refractivity contribution in [3.63, 3.8) is 0 Å². The molecule has 2 heterocycles. The lowest BCUT2D eigenvalue weighted by molar-refractivity contribution is 0.0676. The number of piperidine rings is 1. The Hall–Kier alpha value is -1.98. The first-order valence-electron chi connectivity index (χ1n) is 6.01. The van der Waals surface area contributed by atoms with E-state index in [2.05, 4.69) is 10.6 Å². The molecule has 0 atom stereocenters. The molecule has 0 unspecified atom stereocenters. The van der Waals surface area contributed by atoms with Crippen molar-refractivity contribution >= 4 is 11.9 Å². The van der Waals surface area contributed by atoms with Gasteiger partial charge in [-0.25, -0.2) is 4.79 Å². The van der Waals surface area contributed by atoms with Crippen LogP contribution in [0.3, 0.4) is 0 Å². The molecule has 2 N–H and O–H groups in total. The number of urea groups is 1. The van der Waals surface area contributed by atoms with Crippen molar-refractivity contribution in [1.82, 2.24) is 15.5 Å². The number of hydrogen-bond acceptors (Lipinski definition) is 3. The number of amides is 3. The van der Waals surface area contributed by atoms with Gasteiger partial charge in [0.05, 0.1) is 6.26 Å². The summed E-state index contributed by atoms with van der Waals surface area (Å²) in [5.41, 5.74) is 0. The molecule has 1 aliphatic heterocycles. The monoisotopic (exact) mass is 251 g/mol. The van der Waals surface area contributed by atoms with E-state index < -0.39 is 0 Å². The lowest BCUT2D eigenvalue weighted by Crippen LogP contribution is -2.48. The molecule has 0 spiro atoms. The van der Waals surface area contributed by atoms with Crippen LogP contribution in [0.25, 0.3) is 0 Å². The lowest BCUT2D eigenvalue weighted by Gasteiger charge is -2.31.